The van der Waals surface area contributed by atoms with Crippen LogP contribution in [-0.4, -0.2) is 36.5 Å². The summed E-state index contributed by atoms with van der Waals surface area (Å²) in [6, 6.07) is -0.0792. The molecule has 3 N–H and O–H groups in total. The van der Waals surface area contributed by atoms with Crippen molar-refractivity contribution in [2.24, 2.45) is 0 Å². The molecule has 19 heavy (non-hydrogen) atoms. The van der Waals surface area contributed by atoms with Crippen molar-refractivity contribution in [3.8, 4) is 0 Å². The predicted octanol–water partition coefficient (Wildman–Crippen LogP) is 0.971. The summed E-state index contributed by atoms with van der Waals surface area (Å²) >= 11 is 0. The Morgan fingerprint density at radius 2 is 1.95 bits per heavy atom. The normalized spacial score (nSPS) is 19.2. The van der Waals surface area contributed by atoms with Gasteiger partial charge < -0.3 is 16.0 Å². The highest BCUT2D eigenvalue weighted by molar-refractivity contribution is 5.85. The fraction of sp³-hybridized carbons (Fsp3) is 0.846. The topological polar surface area (TPSA) is 70.2 Å². The maximum Gasteiger partial charge on any atom is 0.237 e. The first-order valence-corrected chi connectivity index (χ1v) is 6.70. The van der Waals surface area contributed by atoms with Gasteiger partial charge in [-0.15, -0.1) is 12.4 Å². The van der Waals surface area contributed by atoms with E-state index in [9.17, 15) is 9.59 Å². The van der Waals surface area contributed by atoms with E-state index in [1.807, 2.05) is 20.8 Å². The quantitative estimate of drug-likeness (QED) is 0.723. The lowest BCUT2D eigenvalue weighted by Crippen LogP contribution is -2.47. The van der Waals surface area contributed by atoms with Crippen LogP contribution in [0.5, 0.6) is 0 Å². The molecule has 0 radical (unpaired) electrons. The lowest BCUT2D eigenvalue weighted by Gasteiger charge is -2.23. The van der Waals surface area contributed by atoms with Gasteiger partial charge in [0.15, 0.2) is 0 Å². The molecule has 1 aliphatic rings. The van der Waals surface area contributed by atoms with Gasteiger partial charge in [0.25, 0.3) is 0 Å². The maximum absolute atomic E-state index is 11.8. The fourth-order valence-corrected chi connectivity index (χ4v) is 1.98. The zero-order chi connectivity index (χ0) is 13.6. The molecule has 0 aromatic rings. The SMILES string of the molecule is CC(C)(C)NC(=O)CCNC(=O)C1CCCCN1.Cl. The molecule has 1 aliphatic heterocycles. The minimum Gasteiger partial charge on any atom is -0.354 e. The molecule has 0 spiro atoms. The summed E-state index contributed by atoms with van der Waals surface area (Å²) in [5, 5.41) is 8.86. The first-order chi connectivity index (χ1) is 8.38. The standard InChI is InChI=1S/C13H25N3O2.ClH/c1-13(2,3)16-11(17)7-9-15-12(18)10-6-4-5-8-14-10;/h10,14H,4-9H2,1-3H3,(H,15,18)(H,16,17);1H. The number of carbonyl (C=O) groups is 2. The maximum atomic E-state index is 11.8. The Morgan fingerprint density at radius 1 is 1.26 bits per heavy atom. The Kier molecular flexibility index (Phi) is 8.02. The van der Waals surface area contributed by atoms with Crippen LogP contribution in [0.2, 0.25) is 0 Å². The van der Waals surface area contributed by atoms with Gasteiger partial charge in [-0.05, 0) is 40.2 Å². The third kappa shape index (κ3) is 8.06. The van der Waals surface area contributed by atoms with Crippen molar-refractivity contribution in [1.82, 2.24) is 16.0 Å². The molecule has 1 rings (SSSR count). The van der Waals surface area contributed by atoms with Gasteiger partial charge in [0.1, 0.15) is 0 Å². The van der Waals surface area contributed by atoms with Crippen LogP contribution in [0, 0.1) is 0 Å². The van der Waals surface area contributed by atoms with Crippen LogP contribution in [-0.2, 0) is 9.59 Å². The van der Waals surface area contributed by atoms with E-state index in [2.05, 4.69) is 16.0 Å². The third-order valence-corrected chi connectivity index (χ3v) is 2.79. The largest absolute Gasteiger partial charge is 0.354 e. The van der Waals surface area contributed by atoms with Gasteiger partial charge in [-0.2, -0.15) is 0 Å². The van der Waals surface area contributed by atoms with E-state index in [0.29, 0.717) is 13.0 Å². The number of amides is 2. The zero-order valence-electron chi connectivity index (χ0n) is 12.0. The third-order valence-electron chi connectivity index (χ3n) is 2.79. The van der Waals surface area contributed by atoms with E-state index < -0.39 is 0 Å². The lowest BCUT2D eigenvalue weighted by molar-refractivity contribution is -0.124. The molecule has 1 saturated heterocycles. The number of rotatable bonds is 4. The molecule has 0 bridgehead atoms. The second kappa shape index (κ2) is 8.38. The van der Waals surface area contributed by atoms with E-state index >= 15 is 0 Å². The fourth-order valence-electron chi connectivity index (χ4n) is 1.98. The van der Waals surface area contributed by atoms with Gasteiger partial charge in [0, 0.05) is 18.5 Å². The summed E-state index contributed by atoms with van der Waals surface area (Å²) in [5.41, 5.74) is -0.216. The first kappa shape index (κ1) is 18.2. The molecule has 0 aliphatic carbocycles. The lowest BCUT2D eigenvalue weighted by atomic mass is 10.0. The number of piperidine rings is 1. The molecule has 0 aromatic heterocycles. The summed E-state index contributed by atoms with van der Waals surface area (Å²) < 4.78 is 0. The van der Waals surface area contributed by atoms with Gasteiger partial charge in [-0.3, -0.25) is 9.59 Å². The van der Waals surface area contributed by atoms with Crippen molar-refractivity contribution in [2.75, 3.05) is 13.1 Å². The van der Waals surface area contributed by atoms with Crippen molar-refractivity contribution >= 4 is 24.2 Å². The summed E-state index contributed by atoms with van der Waals surface area (Å²) in [6.45, 7) is 7.13. The van der Waals surface area contributed by atoms with E-state index in [4.69, 9.17) is 0 Å². The average molecular weight is 292 g/mol. The number of hydrogen-bond acceptors (Lipinski definition) is 3. The Hall–Kier alpha value is -0.810. The van der Waals surface area contributed by atoms with Gasteiger partial charge in [0.05, 0.1) is 6.04 Å². The van der Waals surface area contributed by atoms with Crippen molar-refractivity contribution < 1.29 is 9.59 Å². The number of carbonyl (C=O) groups excluding carboxylic acids is 2. The van der Waals surface area contributed by atoms with Crippen LogP contribution in [0.15, 0.2) is 0 Å². The van der Waals surface area contributed by atoms with Gasteiger partial charge in [0.2, 0.25) is 11.8 Å². The Bertz CT molecular complexity index is 297. The average Bonchev–Trinajstić information content (AvgIpc) is 2.27. The van der Waals surface area contributed by atoms with E-state index in [1.165, 1.54) is 0 Å². The van der Waals surface area contributed by atoms with Crippen LogP contribution in [0.4, 0.5) is 0 Å². The Balaban J connectivity index is 0.00000324. The van der Waals surface area contributed by atoms with Crippen LogP contribution in [0.3, 0.4) is 0 Å². The Morgan fingerprint density at radius 3 is 2.47 bits per heavy atom. The summed E-state index contributed by atoms with van der Waals surface area (Å²) in [5.74, 6) is -0.0161. The molecule has 5 nitrogen and oxygen atoms in total. The van der Waals surface area contributed by atoms with Crippen LogP contribution in [0.1, 0.15) is 46.5 Å². The molecule has 1 heterocycles. The summed E-state index contributed by atoms with van der Waals surface area (Å²) in [4.78, 5) is 23.3. The number of nitrogens with one attached hydrogen (secondary N) is 3. The highest BCUT2D eigenvalue weighted by Gasteiger charge is 2.20. The predicted molar refractivity (Wildman–Crippen MR) is 78.4 cm³/mol. The highest BCUT2D eigenvalue weighted by atomic mass is 35.5. The van der Waals surface area contributed by atoms with Gasteiger partial charge in [-0.25, -0.2) is 0 Å². The molecule has 0 aromatic carbocycles. The molecule has 1 fully saturated rings. The number of hydrogen-bond donors (Lipinski definition) is 3. The summed E-state index contributed by atoms with van der Waals surface area (Å²) in [6.07, 6.45) is 3.45. The number of halogens is 1. The molecule has 6 heteroatoms. The molecule has 0 saturated carbocycles. The van der Waals surface area contributed by atoms with Gasteiger partial charge >= 0.3 is 0 Å². The molecule has 1 unspecified atom stereocenters. The van der Waals surface area contributed by atoms with Crippen LogP contribution >= 0.6 is 12.4 Å². The van der Waals surface area contributed by atoms with Crippen molar-refractivity contribution in [1.29, 1.82) is 0 Å². The molecular formula is C13H26ClN3O2. The van der Waals surface area contributed by atoms with Crippen LogP contribution in [0.25, 0.3) is 0 Å². The van der Waals surface area contributed by atoms with Crippen molar-refractivity contribution in [3.63, 3.8) is 0 Å². The Labute approximate surface area is 121 Å². The monoisotopic (exact) mass is 291 g/mol. The molecule has 2 amide bonds. The highest BCUT2D eigenvalue weighted by Crippen LogP contribution is 2.06. The molecule has 1 atom stereocenters. The second-order valence-electron chi connectivity index (χ2n) is 5.84. The van der Waals surface area contributed by atoms with E-state index in [0.717, 1.165) is 25.8 Å². The second-order valence-corrected chi connectivity index (χ2v) is 5.84. The zero-order valence-corrected chi connectivity index (χ0v) is 12.9. The minimum atomic E-state index is -0.216. The van der Waals surface area contributed by atoms with E-state index in [-0.39, 0.29) is 35.8 Å². The van der Waals surface area contributed by atoms with Crippen LogP contribution < -0.4 is 16.0 Å². The summed E-state index contributed by atoms with van der Waals surface area (Å²) in [7, 11) is 0. The smallest absolute Gasteiger partial charge is 0.237 e. The van der Waals surface area contributed by atoms with Crippen molar-refractivity contribution in [2.45, 2.75) is 58.0 Å². The van der Waals surface area contributed by atoms with Gasteiger partial charge in [-0.1, -0.05) is 6.42 Å². The molecule has 112 valence electrons. The minimum absolute atomic E-state index is 0. The molecular weight excluding hydrogens is 266 g/mol. The van der Waals surface area contributed by atoms with E-state index in [1.54, 1.807) is 0 Å². The first-order valence-electron chi connectivity index (χ1n) is 6.70. The van der Waals surface area contributed by atoms with Crippen molar-refractivity contribution in [3.05, 3.63) is 0 Å².